The predicted octanol–water partition coefficient (Wildman–Crippen LogP) is 4.84. The van der Waals surface area contributed by atoms with Gasteiger partial charge in [-0.25, -0.2) is 4.57 Å². The molecule has 22 heavy (non-hydrogen) atoms. The summed E-state index contributed by atoms with van der Waals surface area (Å²) in [4.78, 5) is 0. The summed E-state index contributed by atoms with van der Waals surface area (Å²) >= 11 is 0. The summed E-state index contributed by atoms with van der Waals surface area (Å²) in [6.45, 7) is 11.7. The molecular weight excluding hydrogens is 266 g/mol. The molecule has 0 fully saturated rings. The average molecular weight is 294 g/mol. The van der Waals surface area contributed by atoms with Gasteiger partial charge in [-0.3, -0.25) is 0 Å². The van der Waals surface area contributed by atoms with Crippen LogP contribution in [0, 0.1) is 6.92 Å². The monoisotopic (exact) mass is 294 g/mol. The highest BCUT2D eigenvalue weighted by atomic mass is 14.9. The Labute approximate surface area is 135 Å². The highest BCUT2D eigenvalue weighted by Gasteiger charge is 2.39. The van der Waals surface area contributed by atoms with Crippen LogP contribution in [0.5, 0.6) is 0 Å². The molecule has 1 aromatic carbocycles. The molecule has 0 amide bonds. The standard InChI is InChI=1S/C21H28N/c1-15-9-7-8-10-16(15)19-13-17-18(14-22(19)6)21(4,5)12-11-20(17,2)3/h7-10,13-14H,11-12H2,1-6H3/q+1. The molecular formula is C21H28N+. The summed E-state index contributed by atoms with van der Waals surface area (Å²) in [5, 5.41) is 0. The van der Waals surface area contributed by atoms with Crippen LogP contribution >= 0.6 is 0 Å². The van der Waals surface area contributed by atoms with Crippen LogP contribution in [-0.2, 0) is 17.9 Å². The Morgan fingerprint density at radius 1 is 0.909 bits per heavy atom. The van der Waals surface area contributed by atoms with Gasteiger partial charge in [0.25, 0.3) is 0 Å². The SMILES string of the molecule is Cc1ccccc1-c1cc2c(c[n+]1C)C(C)(C)CCC2(C)C. The minimum absolute atomic E-state index is 0.260. The molecule has 0 spiro atoms. The number of hydrogen-bond acceptors (Lipinski definition) is 0. The van der Waals surface area contributed by atoms with Crippen molar-refractivity contribution in [3.05, 3.63) is 53.2 Å². The molecule has 0 bridgehead atoms. The molecule has 1 nitrogen and oxygen atoms in total. The summed E-state index contributed by atoms with van der Waals surface area (Å²) in [7, 11) is 2.18. The molecule has 0 aliphatic heterocycles. The summed E-state index contributed by atoms with van der Waals surface area (Å²) in [6, 6.07) is 11.1. The first kappa shape index (κ1) is 15.3. The fraction of sp³-hybridized carbons (Fsp3) is 0.476. The van der Waals surface area contributed by atoms with Crippen LogP contribution in [0.15, 0.2) is 36.5 Å². The second-order valence-electron chi connectivity index (χ2n) is 8.18. The summed E-state index contributed by atoms with van der Waals surface area (Å²) in [6.07, 6.45) is 4.89. The summed E-state index contributed by atoms with van der Waals surface area (Å²) in [5.74, 6) is 0. The Morgan fingerprint density at radius 2 is 1.50 bits per heavy atom. The van der Waals surface area contributed by atoms with E-state index in [0.717, 1.165) is 0 Å². The number of fused-ring (bicyclic) bond motifs is 1. The van der Waals surface area contributed by atoms with Crippen molar-refractivity contribution < 1.29 is 4.57 Å². The molecule has 1 aliphatic carbocycles. The van der Waals surface area contributed by atoms with Gasteiger partial charge in [-0.15, -0.1) is 0 Å². The molecule has 3 rings (SSSR count). The van der Waals surface area contributed by atoms with Gasteiger partial charge < -0.3 is 0 Å². The van der Waals surface area contributed by atoms with E-state index in [-0.39, 0.29) is 10.8 Å². The second-order valence-corrected chi connectivity index (χ2v) is 8.18. The lowest BCUT2D eigenvalue weighted by Gasteiger charge is -2.40. The smallest absolute Gasteiger partial charge is 0.201 e. The van der Waals surface area contributed by atoms with Crippen LogP contribution < -0.4 is 4.57 Å². The minimum atomic E-state index is 0.260. The minimum Gasteiger partial charge on any atom is -0.201 e. The van der Waals surface area contributed by atoms with E-state index >= 15 is 0 Å². The van der Waals surface area contributed by atoms with Gasteiger partial charge in [0.1, 0.15) is 7.05 Å². The fourth-order valence-corrected chi connectivity index (χ4v) is 3.77. The molecule has 1 aliphatic rings. The normalized spacial score (nSPS) is 18.8. The Morgan fingerprint density at radius 3 is 2.14 bits per heavy atom. The maximum atomic E-state index is 2.44. The van der Waals surface area contributed by atoms with E-state index in [4.69, 9.17) is 0 Å². The molecule has 1 heteroatoms. The third-order valence-corrected chi connectivity index (χ3v) is 5.53. The van der Waals surface area contributed by atoms with Crippen LogP contribution in [0.3, 0.4) is 0 Å². The van der Waals surface area contributed by atoms with E-state index in [1.165, 1.54) is 40.8 Å². The Balaban J connectivity index is 2.27. The Bertz CT molecular complexity index is 723. The molecule has 0 atom stereocenters. The molecule has 0 radical (unpaired) electrons. The second kappa shape index (κ2) is 4.94. The molecule has 1 heterocycles. The number of pyridine rings is 1. The van der Waals surface area contributed by atoms with Crippen molar-refractivity contribution >= 4 is 0 Å². The zero-order valence-corrected chi connectivity index (χ0v) is 14.8. The van der Waals surface area contributed by atoms with Gasteiger partial charge in [-0.1, -0.05) is 45.9 Å². The third-order valence-electron chi connectivity index (χ3n) is 5.53. The van der Waals surface area contributed by atoms with E-state index in [1.807, 2.05) is 0 Å². The number of nitrogens with zero attached hydrogens (tertiary/aromatic N) is 1. The van der Waals surface area contributed by atoms with E-state index in [9.17, 15) is 0 Å². The van der Waals surface area contributed by atoms with Gasteiger partial charge in [0.2, 0.25) is 5.69 Å². The highest BCUT2D eigenvalue weighted by Crippen LogP contribution is 2.45. The average Bonchev–Trinajstić information content (AvgIpc) is 2.45. The molecule has 0 saturated carbocycles. The van der Waals surface area contributed by atoms with Crippen LogP contribution in [0.1, 0.15) is 57.2 Å². The van der Waals surface area contributed by atoms with E-state index in [1.54, 1.807) is 0 Å². The van der Waals surface area contributed by atoms with Crippen molar-refractivity contribution in [1.29, 1.82) is 0 Å². The van der Waals surface area contributed by atoms with Gasteiger partial charge in [-0.2, -0.15) is 0 Å². The van der Waals surface area contributed by atoms with E-state index < -0.39 is 0 Å². The zero-order valence-electron chi connectivity index (χ0n) is 14.8. The third kappa shape index (κ3) is 2.37. The van der Waals surface area contributed by atoms with Gasteiger partial charge in [-0.05, 0) is 47.8 Å². The van der Waals surface area contributed by atoms with Gasteiger partial charge in [0.15, 0.2) is 6.20 Å². The lowest BCUT2D eigenvalue weighted by molar-refractivity contribution is -0.661. The highest BCUT2D eigenvalue weighted by molar-refractivity contribution is 5.62. The largest absolute Gasteiger partial charge is 0.212 e. The first-order chi connectivity index (χ1) is 10.2. The van der Waals surface area contributed by atoms with Crippen molar-refractivity contribution in [2.75, 3.05) is 0 Å². The summed E-state index contributed by atoms with van der Waals surface area (Å²) in [5.41, 5.74) is 7.58. The molecule has 2 aromatic rings. The molecule has 0 N–H and O–H groups in total. The van der Waals surface area contributed by atoms with Crippen LogP contribution in [0.2, 0.25) is 0 Å². The van der Waals surface area contributed by atoms with Crippen molar-refractivity contribution in [2.24, 2.45) is 7.05 Å². The van der Waals surface area contributed by atoms with E-state index in [0.29, 0.717) is 0 Å². The first-order valence-electron chi connectivity index (χ1n) is 8.33. The van der Waals surface area contributed by atoms with Gasteiger partial charge in [0, 0.05) is 17.2 Å². The van der Waals surface area contributed by atoms with Crippen molar-refractivity contribution in [3.63, 3.8) is 0 Å². The fourth-order valence-electron chi connectivity index (χ4n) is 3.77. The Hall–Kier alpha value is -1.63. The van der Waals surface area contributed by atoms with Crippen LogP contribution in [0.25, 0.3) is 11.3 Å². The topological polar surface area (TPSA) is 3.88 Å². The first-order valence-corrected chi connectivity index (χ1v) is 8.33. The zero-order chi connectivity index (χ0) is 16.1. The molecule has 0 saturated heterocycles. The maximum Gasteiger partial charge on any atom is 0.212 e. The number of rotatable bonds is 1. The number of aryl methyl sites for hydroxylation is 2. The van der Waals surface area contributed by atoms with Crippen molar-refractivity contribution in [1.82, 2.24) is 0 Å². The lowest BCUT2D eigenvalue weighted by atomic mass is 9.63. The van der Waals surface area contributed by atoms with Crippen molar-refractivity contribution in [3.8, 4) is 11.3 Å². The van der Waals surface area contributed by atoms with Crippen LogP contribution in [-0.4, -0.2) is 0 Å². The Kier molecular flexibility index (Phi) is 3.43. The number of aromatic nitrogens is 1. The van der Waals surface area contributed by atoms with Crippen molar-refractivity contribution in [2.45, 2.75) is 58.3 Å². The quantitative estimate of drug-likeness (QED) is 0.663. The van der Waals surface area contributed by atoms with Gasteiger partial charge in [0.05, 0.1) is 0 Å². The lowest BCUT2D eigenvalue weighted by Crippen LogP contribution is -2.40. The number of hydrogen-bond donors (Lipinski definition) is 0. The number of benzene rings is 1. The maximum absolute atomic E-state index is 2.44. The predicted molar refractivity (Wildman–Crippen MR) is 93.1 cm³/mol. The van der Waals surface area contributed by atoms with Gasteiger partial charge >= 0.3 is 0 Å². The molecule has 1 aromatic heterocycles. The summed E-state index contributed by atoms with van der Waals surface area (Å²) < 4.78 is 2.31. The molecule has 0 unspecified atom stereocenters. The van der Waals surface area contributed by atoms with Crippen LogP contribution in [0.4, 0.5) is 0 Å². The molecule has 116 valence electrons. The van der Waals surface area contributed by atoms with E-state index in [2.05, 4.69) is 82.8 Å².